The molecule has 0 aromatic carbocycles. The van der Waals surface area contributed by atoms with Crippen LogP contribution in [0.5, 0.6) is 0 Å². The lowest BCUT2D eigenvalue weighted by atomic mass is 10.00. The van der Waals surface area contributed by atoms with Crippen LogP contribution in [0.3, 0.4) is 0 Å². The minimum atomic E-state index is -1.01. The molecule has 0 aromatic rings. The number of carbonyl (C=O) groups excluding carboxylic acids is 2. The zero-order valence-electron chi connectivity index (χ0n) is 22.0. The van der Waals surface area contributed by atoms with Crippen molar-refractivity contribution in [1.82, 2.24) is 15.1 Å². The first-order valence-corrected chi connectivity index (χ1v) is 12.0. The van der Waals surface area contributed by atoms with Gasteiger partial charge >= 0.3 is 5.97 Å². The minimum absolute atomic E-state index is 0.0736. The average molecular weight is 456 g/mol. The van der Waals surface area contributed by atoms with Crippen molar-refractivity contribution in [3.05, 3.63) is 11.6 Å². The molecule has 2 atom stereocenters. The third-order valence-electron chi connectivity index (χ3n) is 5.22. The number of nitrogens with one attached hydrogen (secondary N) is 1. The highest BCUT2D eigenvalue weighted by Gasteiger charge is 2.21. The first-order chi connectivity index (χ1) is 14.9. The largest absolute Gasteiger partial charge is 0.478 e. The molecule has 7 heteroatoms. The number of hydrogen-bond acceptors (Lipinski definition) is 4. The third-order valence-corrected chi connectivity index (χ3v) is 5.22. The Labute approximate surface area is 196 Å². The van der Waals surface area contributed by atoms with Crippen LogP contribution in [-0.4, -0.2) is 72.0 Å². The number of carboxylic acids is 1. The molecular formula is C25H49N3O4. The summed E-state index contributed by atoms with van der Waals surface area (Å²) in [5.41, 5.74) is 0.191. The lowest BCUT2D eigenvalue weighted by Crippen LogP contribution is -2.43. The van der Waals surface area contributed by atoms with Gasteiger partial charge < -0.3 is 20.2 Å². The monoisotopic (exact) mass is 455 g/mol. The van der Waals surface area contributed by atoms with Crippen LogP contribution in [0.1, 0.15) is 81.1 Å². The van der Waals surface area contributed by atoms with Crippen LogP contribution in [0.15, 0.2) is 11.6 Å². The molecule has 188 valence electrons. The normalized spacial score (nSPS) is 16.2. The van der Waals surface area contributed by atoms with E-state index in [-0.39, 0.29) is 30.0 Å². The predicted molar refractivity (Wildman–Crippen MR) is 133 cm³/mol. The maximum atomic E-state index is 11.7. The maximum absolute atomic E-state index is 11.7. The number of amides is 2. The Kier molecular flexibility index (Phi) is 18.8. The first-order valence-electron chi connectivity index (χ1n) is 12.0. The Balaban J connectivity index is 0. The smallest absolute Gasteiger partial charge is 0.331 e. The molecule has 1 unspecified atom stereocenters. The molecule has 1 aliphatic rings. The number of likely N-dealkylation sites (tertiary alicyclic amines) is 1. The molecule has 2 N–H and O–H groups in total. The Morgan fingerprint density at radius 1 is 1.06 bits per heavy atom. The number of carboxylic acid groups (broad SMARTS) is 1. The van der Waals surface area contributed by atoms with E-state index in [0.717, 1.165) is 12.0 Å². The van der Waals surface area contributed by atoms with Gasteiger partial charge in [-0.25, -0.2) is 4.79 Å². The summed E-state index contributed by atoms with van der Waals surface area (Å²) in [5.74, 6) is -0.368. The van der Waals surface area contributed by atoms with Crippen LogP contribution in [-0.2, 0) is 14.4 Å². The summed E-state index contributed by atoms with van der Waals surface area (Å²) >= 11 is 0. The van der Waals surface area contributed by atoms with Gasteiger partial charge in [-0.1, -0.05) is 54.0 Å². The van der Waals surface area contributed by atoms with Crippen molar-refractivity contribution in [2.75, 3.05) is 26.7 Å². The van der Waals surface area contributed by atoms with Gasteiger partial charge in [0, 0.05) is 18.7 Å². The summed E-state index contributed by atoms with van der Waals surface area (Å²) in [6, 6.07) is 0.502. The number of hydrogen-bond donors (Lipinski definition) is 2. The number of nitrogens with zero attached hydrogens (tertiary/aromatic N) is 2. The summed E-state index contributed by atoms with van der Waals surface area (Å²) in [6.07, 6.45) is 7.60. The van der Waals surface area contributed by atoms with E-state index in [1.165, 1.54) is 50.6 Å². The Morgan fingerprint density at radius 3 is 1.94 bits per heavy atom. The van der Waals surface area contributed by atoms with Gasteiger partial charge in [-0.15, -0.1) is 0 Å². The second-order valence-electron chi connectivity index (χ2n) is 9.48. The highest BCUT2D eigenvalue weighted by molar-refractivity contribution is 5.86. The van der Waals surface area contributed by atoms with E-state index < -0.39 is 5.97 Å². The van der Waals surface area contributed by atoms with Crippen LogP contribution in [0.25, 0.3) is 0 Å². The van der Waals surface area contributed by atoms with Gasteiger partial charge in [0.2, 0.25) is 12.3 Å². The molecule has 0 spiro atoms. The van der Waals surface area contributed by atoms with Gasteiger partial charge in [0.05, 0.1) is 12.6 Å². The zero-order chi connectivity index (χ0) is 25.3. The average Bonchev–Trinajstić information content (AvgIpc) is 2.74. The summed E-state index contributed by atoms with van der Waals surface area (Å²) in [5, 5.41) is 11.1. The molecule has 1 aliphatic heterocycles. The van der Waals surface area contributed by atoms with Crippen LogP contribution >= 0.6 is 0 Å². The molecule has 2 amide bonds. The van der Waals surface area contributed by atoms with E-state index in [1.54, 1.807) is 13.1 Å². The van der Waals surface area contributed by atoms with Crippen LogP contribution < -0.4 is 5.32 Å². The van der Waals surface area contributed by atoms with Crippen molar-refractivity contribution in [3.8, 4) is 0 Å². The standard InChI is InChI=1S/C12H20N2O4.C9H19N.C4H10/c1-8(2)10(5-9(3)12(17)18)14(4)11(16)6-13-7-15;1-3-9(2)10-7-5-4-6-8-10;1-4(2)3/h5,7-8,10H,6H2,1-4H3,(H,13,15)(H,17,18);9H,3-8H2,1-2H3;4H,1-3H3/b9-5+;;/t10-;;/m1../s1. The van der Waals surface area contributed by atoms with Gasteiger partial charge in [-0.2, -0.15) is 0 Å². The number of rotatable bonds is 9. The van der Waals surface area contributed by atoms with E-state index >= 15 is 0 Å². The number of aliphatic carboxylic acids is 1. The highest BCUT2D eigenvalue weighted by atomic mass is 16.4. The molecular weight excluding hydrogens is 406 g/mol. The van der Waals surface area contributed by atoms with Gasteiger partial charge in [0.1, 0.15) is 0 Å². The van der Waals surface area contributed by atoms with E-state index in [9.17, 15) is 14.4 Å². The fourth-order valence-corrected chi connectivity index (χ4v) is 3.12. The van der Waals surface area contributed by atoms with Crippen LogP contribution in [0.2, 0.25) is 0 Å². The second kappa shape index (κ2) is 18.7. The molecule has 0 aliphatic carbocycles. The molecule has 32 heavy (non-hydrogen) atoms. The summed E-state index contributed by atoms with van der Waals surface area (Å²) in [6.45, 7) is 19.0. The third kappa shape index (κ3) is 15.8. The fourth-order valence-electron chi connectivity index (χ4n) is 3.12. The molecule has 7 nitrogen and oxygen atoms in total. The van der Waals surface area contributed by atoms with Gasteiger partial charge in [-0.3, -0.25) is 9.59 Å². The molecule has 0 bridgehead atoms. The molecule has 0 radical (unpaired) electrons. The van der Waals surface area contributed by atoms with Crippen molar-refractivity contribution in [2.24, 2.45) is 11.8 Å². The van der Waals surface area contributed by atoms with Crippen molar-refractivity contribution >= 4 is 18.3 Å². The van der Waals surface area contributed by atoms with E-state index in [4.69, 9.17) is 5.11 Å². The maximum Gasteiger partial charge on any atom is 0.331 e. The fraction of sp³-hybridized carbons (Fsp3) is 0.800. The SMILES string of the molecule is C/C(=C\[C@H](C(C)C)N(C)C(=O)CNC=O)C(=O)O.CC(C)C.CCC(C)N1CCCCC1. The van der Waals surface area contributed by atoms with Crippen molar-refractivity contribution in [1.29, 1.82) is 0 Å². The minimum Gasteiger partial charge on any atom is -0.478 e. The first kappa shape index (κ1) is 32.3. The molecule has 0 saturated carbocycles. The predicted octanol–water partition coefficient (Wildman–Crippen LogP) is 4.18. The summed E-state index contributed by atoms with van der Waals surface area (Å²) in [4.78, 5) is 36.7. The second-order valence-corrected chi connectivity index (χ2v) is 9.48. The van der Waals surface area contributed by atoms with Gasteiger partial charge in [-0.05, 0) is 58.0 Å². The van der Waals surface area contributed by atoms with Crippen molar-refractivity contribution in [3.63, 3.8) is 0 Å². The Morgan fingerprint density at radius 2 is 1.56 bits per heavy atom. The van der Waals surface area contributed by atoms with E-state index in [1.807, 2.05) is 13.8 Å². The lowest BCUT2D eigenvalue weighted by molar-refractivity contribution is -0.133. The summed E-state index contributed by atoms with van der Waals surface area (Å²) in [7, 11) is 1.59. The topological polar surface area (TPSA) is 90.0 Å². The molecule has 0 aromatic heterocycles. The Hall–Kier alpha value is -1.89. The van der Waals surface area contributed by atoms with E-state index in [2.05, 4.69) is 44.8 Å². The number of piperidine rings is 1. The quantitative estimate of drug-likeness (QED) is 0.402. The highest BCUT2D eigenvalue weighted by Crippen LogP contribution is 2.14. The molecule has 1 heterocycles. The zero-order valence-corrected chi connectivity index (χ0v) is 22.0. The summed E-state index contributed by atoms with van der Waals surface area (Å²) < 4.78 is 0. The van der Waals surface area contributed by atoms with Gasteiger partial charge in [0.15, 0.2) is 0 Å². The molecule has 1 saturated heterocycles. The van der Waals surface area contributed by atoms with Crippen LogP contribution in [0, 0.1) is 11.8 Å². The Bertz CT molecular complexity index is 553. The molecule has 1 fully saturated rings. The van der Waals surface area contributed by atoms with E-state index in [0.29, 0.717) is 6.41 Å². The van der Waals surface area contributed by atoms with Crippen molar-refractivity contribution in [2.45, 2.75) is 93.2 Å². The lowest BCUT2D eigenvalue weighted by Gasteiger charge is -2.31. The number of carbonyl (C=O) groups is 3. The van der Waals surface area contributed by atoms with Crippen molar-refractivity contribution < 1.29 is 19.5 Å². The number of likely N-dealkylation sites (N-methyl/N-ethyl adjacent to an activating group) is 1. The van der Waals surface area contributed by atoms with Crippen LogP contribution in [0.4, 0.5) is 0 Å². The molecule has 1 rings (SSSR count). The van der Waals surface area contributed by atoms with Gasteiger partial charge in [0.25, 0.3) is 0 Å².